The van der Waals surface area contributed by atoms with Crippen LogP contribution in [0.25, 0.3) is 0 Å². The average Bonchev–Trinajstić information content (AvgIpc) is 3.40. The number of alkyl carbamates (subject to hydrolysis) is 1. The van der Waals surface area contributed by atoms with Crippen LogP contribution in [0.1, 0.15) is 121 Å². The highest BCUT2D eigenvalue weighted by molar-refractivity contribution is 6.38. The molecule has 1 N–H and O–H groups in total. The highest BCUT2D eigenvalue weighted by Gasteiger charge is 2.55. The predicted molar refractivity (Wildman–Crippen MR) is 188 cm³/mol. The molecule has 0 radical (unpaired) electrons. The van der Waals surface area contributed by atoms with Crippen molar-refractivity contribution in [1.29, 1.82) is 0 Å². The van der Waals surface area contributed by atoms with Gasteiger partial charge in [-0.1, -0.05) is 39.3 Å². The van der Waals surface area contributed by atoms with Gasteiger partial charge in [0, 0.05) is 37.2 Å². The summed E-state index contributed by atoms with van der Waals surface area (Å²) in [6.07, 6.45) is 6.31. The predicted octanol–water partition coefficient (Wildman–Crippen LogP) is 6.17. The molecule has 4 aliphatic rings. The Kier molecular flexibility index (Phi) is 11.4. The zero-order chi connectivity index (χ0) is 36.4. The third-order valence-corrected chi connectivity index (χ3v) is 10.7. The molecule has 1 spiro atoms. The van der Waals surface area contributed by atoms with E-state index in [4.69, 9.17) is 14.3 Å². The summed E-state index contributed by atoms with van der Waals surface area (Å²) in [4.78, 5) is 75.8. The summed E-state index contributed by atoms with van der Waals surface area (Å²) in [6, 6.07) is 2.05. The summed E-state index contributed by atoms with van der Waals surface area (Å²) in [5.41, 5.74) is 1.78. The average molecular weight is 694 g/mol. The number of aryl methyl sites for hydroxylation is 2. The Balaban J connectivity index is 1.40. The molecule has 2 aliphatic carbocycles. The number of Topliss-reactive ketones (excluding diaryl/α,β-unsaturated/α-hetero) is 3. The Morgan fingerprint density at radius 2 is 1.72 bits per heavy atom. The van der Waals surface area contributed by atoms with E-state index in [2.05, 4.69) is 10.5 Å². The number of likely N-dealkylation sites (tertiary alicyclic amines) is 1. The minimum Gasteiger partial charge on any atom is -0.496 e. The minimum atomic E-state index is -0.997. The first kappa shape index (κ1) is 37.5. The van der Waals surface area contributed by atoms with Gasteiger partial charge in [0.2, 0.25) is 11.7 Å². The largest absolute Gasteiger partial charge is 0.496 e. The van der Waals surface area contributed by atoms with Gasteiger partial charge >= 0.3 is 6.09 Å². The van der Waals surface area contributed by atoms with Gasteiger partial charge in [0.15, 0.2) is 17.2 Å². The van der Waals surface area contributed by atoms with Crippen LogP contribution in [0.4, 0.5) is 4.79 Å². The Morgan fingerprint density at radius 3 is 2.30 bits per heavy atom. The number of rotatable bonds is 14. The fraction of sp³-hybridized carbons (Fsp3) is 0.692. The molecule has 2 saturated carbocycles. The van der Waals surface area contributed by atoms with Gasteiger partial charge in [-0.3, -0.25) is 19.2 Å². The lowest BCUT2D eigenvalue weighted by Gasteiger charge is -2.35. The first-order valence-electron chi connectivity index (χ1n) is 18.4. The molecule has 2 aliphatic heterocycles. The Bertz CT molecular complexity index is 1500. The van der Waals surface area contributed by atoms with Crippen LogP contribution in [-0.2, 0) is 28.8 Å². The summed E-state index contributed by atoms with van der Waals surface area (Å²) in [5, 5.41) is 7.31. The first-order chi connectivity index (χ1) is 23.6. The van der Waals surface area contributed by atoms with Crippen molar-refractivity contribution >= 4 is 35.1 Å². The molecular weight excluding hydrogens is 638 g/mol. The van der Waals surface area contributed by atoms with Crippen molar-refractivity contribution in [2.24, 2.45) is 22.4 Å². The van der Waals surface area contributed by atoms with Crippen LogP contribution in [0.5, 0.6) is 5.75 Å². The highest BCUT2D eigenvalue weighted by Crippen LogP contribution is 2.42. The zero-order valence-electron chi connectivity index (χ0n) is 30.9. The van der Waals surface area contributed by atoms with E-state index in [1.165, 1.54) is 4.90 Å². The van der Waals surface area contributed by atoms with E-state index in [1.54, 1.807) is 7.11 Å². The number of nitrogens with one attached hydrogen (secondary N) is 1. The van der Waals surface area contributed by atoms with E-state index in [1.807, 2.05) is 53.7 Å². The summed E-state index contributed by atoms with van der Waals surface area (Å²) >= 11 is 0. The van der Waals surface area contributed by atoms with E-state index < -0.39 is 52.6 Å². The maximum atomic E-state index is 14.6. The maximum Gasteiger partial charge on any atom is 0.408 e. The summed E-state index contributed by atoms with van der Waals surface area (Å²) < 4.78 is 11.2. The molecule has 1 aromatic carbocycles. The summed E-state index contributed by atoms with van der Waals surface area (Å²) in [6.45, 7) is 11.5. The number of carbonyl (C=O) groups excluding carboxylic acids is 5. The molecule has 4 atom stereocenters. The van der Waals surface area contributed by atoms with E-state index in [0.717, 1.165) is 61.0 Å². The van der Waals surface area contributed by atoms with E-state index >= 15 is 0 Å². The third kappa shape index (κ3) is 8.57. The number of ketones is 3. The number of hydrogen-bond acceptors (Lipinski definition) is 9. The normalized spacial score (nSPS) is 23.3. The lowest BCUT2D eigenvalue weighted by Crippen LogP contribution is -2.57. The molecule has 0 unspecified atom stereocenters. The Labute approximate surface area is 296 Å². The number of nitrogens with zero attached hydrogens (tertiary/aromatic N) is 2. The molecular formula is C39H55N3O8. The van der Waals surface area contributed by atoms with Crippen LogP contribution >= 0.6 is 0 Å². The molecule has 3 fully saturated rings. The topological polar surface area (TPSA) is 141 Å². The minimum absolute atomic E-state index is 0.0717. The second kappa shape index (κ2) is 15.2. The number of ether oxygens (including phenoxy) is 2. The number of benzene rings is 1. The van der Waals surface area contributed by atoms with Gasteiger partial charge in [0.1, 0.15) is 17.9 Å². The van der Waals surface area contributed by atoms with Crippen LogP contribution in [0, 0.1) is 31.1 Å². The molecule has 1 saturated heterocycles. The third-order valence-electron chi connectivity index (χ3n) is 10.7. The molecule has 1 aromatic rings. The van der Waals surface area contributed by atoms with Gasteiger partial charge in [0.25, 0.3) is 0 Å². The highest BCUT2D eigenvalue weighted by atomic mass is 16.7. The molecule has 2 heterocycles. The van der Waals surface area contributed by atoms with E-state index in [9.17, 15) is 24.0 Å². The van der Waals surface area contributed by atoms with Gasteiger partial charge in [-0.05, 0) is 93.4 Å². The smallest absolute Gasteiger partial charge is 0.408 e. The molecule has 274 valence electrons. The number of methoxy groups -OCH3 is 1. The summed E-state index contributed by atoms with van der Waals surface area (Å²) in [7, 11) is 1.64. The van der Waals surface area contributed by atoms with Crippen LogP contribution < -0.4 is 10.1 Å². The van der Waals surface area contributed by atoms with Gasteiger partial charge in [-0.2, -0.15) is 0 Å². The molecule has 2 amide bonds. The second-order valence-corrected chi connectivity index (χ2v) is 16.2. The van der Waals surface area contributed by atoms with Crippen LogP contribution in [0.3, 0.4) is 0 Å². The zero-order valence-corrected chi connectivity index (χ0v) is 30.9. The fourth-order valence-corrected chi connectivity index (χ4v) is 7.87. The van der Waals surface area contributed by atoms with Gasteiger partial charge in [-0.15, -0.1) is 0 Å². The lowest BCUT2D eigenvalue weighted by molar-refractivity contribution is -0.143. The molecule has 0 aromatic heterocycles. The van der Waals surface area contributed by atoms with Gasteiger partial charge < -0.3 is 24.5 Å². The molecule has 50 heavy (non-hydrogen) atoms. The number of hydrogen-bond donors (Lipinski definition) is 1. The monoisotopic (exact) mass is 693 g/mol. The van der Waals surface area contributed by atoms with Crippen molar-refractivity contribution in [1.82, 2.24) is 10.2 Å². The second-order valence-electron chi connectivity index (χ2n) is 16.2. The number of oxime groups is 1. The standard InChI is InChI=1S/C39H55N3O8/c1-8-11-26(33(45)32(44)18-25-14-15-25)19-31(43)30-21-39(20-29(41-50-39)27-16-23(2)34(48-7)24(3)17-27)22-42(30)36(46)35(38(4,5)6)40-37(47)49-28-12-9-10-13-28/h16-17,25-26,28,30,35H,8-15,18-22H2,1-7H3,(H,40,47)/t26-,30+,35-,39-/m1/s1. The Hall–Kier alpha value is -3.76. The number of carbonyl (C=O) groups is 5. The van der Waals surface area contributed by atoms with Crippen LogP contribution in [0.15, 0.2) is 17.3 Å². The van der Waals surface area contributed by atoms with E-state index in [0.29, 0.717) is 25.0 Å². The van der Waals surface area contributed by atoms with Gasteiger partial charge in [0.05, 0.1) is 25.4 Å². The number of amides is 2. The van der Waals surface area contributed by atoms with Crippen LogP contribution in [-0.4, -0.2) is 77.4 Å². The van der Waals surface area contributed by atoms with Crippen molar-refractivity contribution in [3.05, 3.63) is 28.8 Å². The van der Waals surface area contributed by atoms with Crippen molar-refractivity contribution in [2.75, 3.05) is 13.7 Å². The maximum absolute atomic E-state index is 14.6. The van der Waals surface area contributed by atoms with Gasteiger partial charge in [-0.25, -0.2) is 4.79 Å². The van der Waals surface area contributed by atoms with Crippen molar-refractivity contribution in [3.8, 4) is 5.75 Å². The van der Waals surface area contributed by atoms with Crippen molar-refractivity contribution in [3.63, 3.8) is 0 Å². The Morgan fingerprint density at radius 1 is 1.06 bits per heavy atom. The summed E-state index contributed by atoms with van der Waals surface area (Å²) in [5.74, 6) is -1.30. The molecule has 11 nitrogen and oxygen atoms in total. The molecule has 5 rings (SSSR count). The van der Waals surface area contributed by atoms with Crippen molar-refractivity contribution < 1.29 is 38.3 Å². The lowest BCUT2D eigenvalue weighted by atomic mass is 9.84. The molecule has 0 bridgehead atoms. The van der Waals surface area contributed by atoms with Crippen molar-refractivity contribution in [2.45, 2.75) is 142 Å². The fourth-order valence-electron chi connectivity index (χ4n) is 7.87. The molecule has 11 heteroatoms. The first-order valence-corrected chi connectivity index (χ1v) is 18.4. The quantitative estimate of drug-likeness (QED) is 0.228. The van der Waals surface area contributed by atoms with Crippen LogP contribution in [0.2, 0.25) is 0 Å². The SMILES string of the molecule is CCC[C@H](CC(=O)[C@@H]1C[C@]2(CC(c3cc(C)c(OC)c(C)c3)=NO2)CN1C(=O)[C@@H](NC(=O)OC1CCCC1)C(C)(C)C)C(=O)C(=O)CC1CC1. The van der Waals surface area contributed by atoms with E-state index in [-0.39, 0.29) is 43.6 Å².